The smallest absolute Gasteiger partial charge is 0.303 e. The number of halogens is 1. The summed E-state index contributed by atoms with van der Waals surface area (Å²) in [6, 6.07) is 5.09. The number of Topliss-reactive ketones (excluding diaryl/α,β-unsaturated/α-hetero) is 1. The van der Waals surface area contributed by atoms with Crippen LogP contribution in [0.5, 0.6) is 0 Å². The van der Waals surface area contributed by atoms with Crippen molar-refractivity contribution in [3.05, 3.63) is 34.3 Å². The Balaban J connectivity index is 2.70. The molecule has 3 nitrogen and oxygen atoms in total. The van der Waals surface area contributed by atoms with Crippen LogP contribution in [0, 0.1) is 12.8 Å². The van der Waals surface area contributed by atoms with Gasteiger partial charge in [-0.05, 0) is 36.6 Å². The molecule has 1 aromatic carbocycles. The first-order valence-electron chi connectivity index (χ1n) is 5.41. The van der Waals surface area contributed by atoms with E-state index in [2.05, 4.69) is 0 Å². The molecule has 92 valence electrons. The molecule has 0 aromatic heterocycles. The average Bonchev–Trinajstić information content (AvgIpc) is 2.20. The largest absolute Gasteiger partial charge is 0.481 e. The molecule has 0 heterocycles. The molecule has 0 bridgehead atoms. The number of benzene rings is 1. The number of ketones is 1. The number of rotatable bonds is 5. The summed E-state index contributed by atoms with van der Waals surface area (Å²) in [5.41, 5.74) is 1.44. The standard InChI is InChI=1S/C13H15ClO3/c1-8(6-13(16)17)5-12(15)10-3-4-11(14)9(2)7-10/h3-4,7-8H,5-6H2,1-2H3,(H,16,17). The Kier molecular flexibility index (Phi) is 4.70. The van der Waals surface area contributed by atoms with Gasteiger partial charge in [0, 0.05) is 23.4 Å². The second kappa shape index (κ2) is 5.82. The maximum Gasteiger partial charge on any atom is 0.303 e. The van der Waals surface area contributed by atoms with Crippen LogP contribution in [0.25, 0.3) is 0 Å². The van der Waals surface area contributed by atoms with E-state index in [1.807, 2.05) is 6.92 Å². The lowest BCUT2D eigenvalue weighted by Gasteiger charge is -2.08. The van der Waals surface area contributed by atoms with Crippen molar-refractivity contribution in [3.63, 3.8) is 0 Å². The molecule has 1 atom stereocenters. The van der Waals surface area contributed by atoms with Crippen LogP contribution in [0.2, 0.25) is 5.02 Å². The first-order valence-corrected chi connectivity index (χ1v) is 5.79. The van der Waals surface area contributed by atoms with E-state index in [-0.39, 0.29) is 24.5 Å². The molecule has 0 radical (unpaired) electrons. The molecule has 0 saturated carbocycles. The molecular weight excluding hydrogens is 240 g/mol. The Labute approximate surface area is 105 Å². The van der Waals surface area contributed by atoms with Crippen molar-refractivity contribution >= 4 is 23.4 Å². The van der Waals surface area contributed by atoms with Crippen molar-refractivity contribution in [2.24, 2.45) is 5.92 Å². The highest BCUT2D eigenvalue weighted by atomic mass is 35.5. The van der Waals surface area contributed by atoms with Gasteiger partial charge in [-0.3, -0.25) is 9.59 Å². The van der Waals surface area contributed by atoms with Crippen LogP contribution in [-0.2, 0) is 4.79 Å². The lowest BCUT2D eigenvalue weighted by molar-refractivity contribution is -0.137. The molecule has 0 aliphatic rings. The fourth-order valence-electron chi connectivity index (χ4n) is 1.62. The predicted octanol–water partition coefficient (Wildman–Crippen LogP) is 3.33. The molecule has 0 saturated heterocycles. The van der Waals surface area contributed by atoms with Crippen LogP contribution in [0.15, 0.2) is 18.2 Å². The van der Waals surface area contributed by atoms with Gasteiger partial charge in [-0.2, -0.15) is 0 Å². The Morgan fingerprint density at radius 1 is 1.35 bits per heavy atom. The van der Waals surface area contributed by atoms with E-state index in [1.54, 1.807) is 25.1 Å². The quantitative estimate of drug-likeness (QED) is 0.820. The first kappa shape index (κ1) is 13.7. The summed E-state index contributed by atoms with van der Waals surface area (Å²) in [7, 11) is 0. The molecular formula is C13H15ClO3. The number of aliphatic carboxylic acids is 1. The minimum absolute atomic E-state index is 0.0122. The zero-order valence-corrected chi connectivity index (χ0v) is 10.6. The number of aryl methyl sites for hydroxylation is 1. The van der Waals surface area contributed by atoms with Gasteiger partial charge in [0.25, 0.3) is 0 Å². The Morgan fingerprint density at radius 2 is 2.00 bits per heavy atom. The van der Waals surface area contributed by atoms with Crippen molar-refractivity contribution in [1.82, 2.24) is 0 Å². The molecule has 1 aromatic rings. The van der Waals surface area contributed by atoms with Crippen LogP contribution in [0.3, 0.4) is 0 Å². The third-order valence-electron chi connectivity index (χ3n) is 2.54. The maximum absolute atomic E-state index is 11.9. The van der Waals surface area contributed by atoms with Crippen molar-refractivity contribution in [3.8, 4) is 0 Å². The molecule has 0 fully saturated rings. The monoisotopic (exact) mass is 254 g/mol. The van der Waals surface area contributed by atoms with Gasteiger partial charge in [0.15, 0.2) is 5.78 Å². The minimum atomic E-state index is -0.877. The molecule has 0 aliphatic heterocycles. The third-order valence-corrected chi connectivity index (χ3v) is 2.96. The molecule has 0 spiro atoms. The van der Waals surface area contributed by atoms with E-state index in [9.17, 15) is 9.59 Å². The Hall–Kier alpha value is -1.35. The molecule has 17 heavy (non-hydrogen) atoms. The second-order valence-corrected chi connectivity index (χ2v) is 4.70. The van der Waals surface area contributed by atoms with Crippen molar-refractivity contribution in [1.29, 1.82) is 0 Å². The van der Waals surface area contributed by atoms with Crippen LogP contribution in [0.4, 0.5) is 0 Å². The van der Waals surface area contributed by atoms with Gasteiger partial charge in [0.1, 0.15) is 0 Å². The topological polar surface area (TPSA) is 54.4 Å². The summed E-state index contributed by atoms with van der Waals surface area (Å²) >= 11 is 5.87. The van der Waals surface area contributed by atoms with Gasteiger partial charge in [-0.25, -0.2) is 0 Å². The number of hydrogen-bond donors (Lipinski definition) is 1. The predicted molar refractivity (Wildman–Crippen MR) is 66.6 cm³/mol. The van der Waals surface area contributed by atoms with Crippen LogP contribution < -0.4 is 0 Å². The first-order chi connectivity index (χ1) is 7.90. The van der Waals surface area contributed by atoms with Gasteiger partial charge in [0.05, 0.1) is 0 Å². The van der Waals surface area contributed by atoms with Crippen LogP contribution in [0.1, 0.15) is 35.7 Å². The van der Waals surface area contributed by atoms with E-state index in [1.165, 1.54) is 0 Å². The van der Waals surface area contributed by atoms with E-state index in [4.69, 9.17) is 16.7 Å². The maximum atomic E-state index is 11.9. The van der Waals surface area contributed by atoms with Crippen molar-refractivity contribution < 1.29 is 14.7 Å². The summed E-state index contributed by atoms with van der Waals surface area (Å²) in [6.07, 6.45) is 0.256. The number of carboxylic acid groups (broad SMARTS) is 1. The highest BCUT2D eigenvalue weighted by Crippen LogP contribution is 2.19. The summed E-state index contributed by atoms with van der Waals surface area (Å²) in [5, 5.41) is 9.24. The normalized spacial score (nSPS) is 12.2. The van der Waals surface area contributed by atoms with E-state index < -0.39 is 5.97 Å². The van der Waals surface area contributed by atoms with Gasteiger partial charge in [-0.15, -0.1) is 0 Å². The number of carbonyl (C=O) groups is 2. The lowest BCUT2D eigenvalue weighted by Crippen LogP contribution is -2.10. The molecule has 1 rings (SSSR count). The third kappa shape index (κ3) is 4.19. The Bertz CT molecular complexity index is 440. The highest BCUT2D eigenvalue weighted by molar-refractivity contribution is 6.31. The molecule has 1 unspecified atom stereocenters. The van der Waals surface area contributed by atoms with Crippen LogP contribution >= 0.6 is 11.6 Å². The van der Waals surface area contributed by atoms with E-state index >= 15 is 0 Å². The number of carbonyl (C=O) groups excluding carboxylic acids is 1. The lowest BCUT2D eigenvalue weighted by atomic mass is 9.96. The zero-order chi connectivity index (χ0) is 13.0. The number of carboxylic acids is 1. The zero-order valence-electron chi connectivity index (χ0n) is 9.87. The summed E-state index contributed by atoms with van der Waals surface area (Å²) in [5.74, 6) is -1.08. The van der Waals surface area contributed by atoms with Gasteiger partial charge < -0.3 is 5.11 Å². The molecule has 4 heteroatoms. The average molecular weight is 255 g/mol. The van der Waals surface area contributed by atoms with Gasteiger partial charge in [0.2, 0.25) is 0 Å². The number of hydrogen-bond acceptors (Lipinski definition) is 2. The molecule has 0 amide bonds. The fourth-order valence-corrected chi connectivity index (χ4v) is 1.74. The Morgan fingerprint density at radius 3 is 2.53 bits per heavy atom. The summed E-state index contributed by atoms with van der Waals surface area (Å²) in [4.78, 5) is 22.4. The van der Waals surface area contributed by atoms with E-state index in [0.29, 0.717) is 10.6 Å². The molecule has 0 aliphatic carbocycles. The van der Waals surface area contributed by atoms with Crippen molar-refractivity contribution in [2.75, 3.05) is 0 Å². The summed E-state index contributed by atoms with van der Waals surface area (Å²) < 4.78 is 0. The minimum Gasteiger partial charge on any atom is -0.481 e. The SMILES string of the molecule is Cc1cc(C(=O)CC(C)CC(=O)O)ccc1Cl. The highest BCUT2D eigenvalue weighted by Gasteiger charge is 2.14. The van der Waals surface area contributed by atoms with Gasteiger partial charge >= 0.3 is 5.97 Å². The van der Waals surface area contributed by atoms with Crippen LogP contribution in [-0.4, -0.2) is 16.9 Å². The molecule has 1 N–H and O–H groups in total. The summed E-state index contributed by atoms with van der Waals surface area (Å²) in [6.45, 7) is 3.59. The fraction of sp³-hybridized carbons (Fsp3) is 0.385. The van der Waals surface area contributed by atoms with Gasteiger partial charge in [-0.1, -0.05) is 18.5 Å². The van der Waals surface area contributed by atoms with Crippen molar-refractivity contribution in [2.45, 2.75) is 26.7 Å². The van der Waals surface area contributed by atoms with E-state index in [0.717, 1.165) is 5.56 Å². The second-order valence-electron chi connectivity index (χ2n) is 4.29.